The molecule has 0 saturated carbocycles. The molecule has 0 bridgehead atoms. The van der Waals surface area contributed by atoms with Crippen LogP contribution in [0.1, 0.15) is 16.8 Å². The molecule has 0 radical (unpaired) electrons. The van der Waals surface area contributed by atoms with Crippen molar-refractivity contribution in [1.82, 2.24) is 9.71 Å². The molecule has 2 aromatic rings. The van der Waals surface area contributed by atoms with Gasteiger partial charge in [0.05, 0.1) is 5.56 Å². The SMILES string of the molecule is O=C(CCSSc1ccccn1)c1cc(O)n(O)c1O. The van der Waals surface area contributed by atoms with Crippen molar-refractivity contribution in [3.63, 3.8) is 0 Å². The van der Waals surface area contributed by atoms with Crippen LogP contribution in [-0.2, 0) is 0 Å². The first-order chi connectivity index (χ1) is 9.59. The van der Waals surface area contributed by atoms with Crippen LogP contribution in [0.4, 0.5) is 0 Å². The Balaban J connectivity index is 1.82. The fourth-order valence-electron chi connectivity index (χ4n) is 1.45. The Morgan fingerprint density at radius 3 is 2.75 bits per heavy atom. The third-order valence-electron chi connectivity index (χ3n) is 2.43. The molecule has 0 aliphatic carbocycles. The second kappa shape index (κ2) is 6.58. The van der Waals surface area contributed by atoms with Crippen molar-refractivity contribution in [2.24, 2.45) is 0 Å². The van der Waals surface area contributed by atoms with E-state index in [1.165, 1.54) is 21.6 Å². The van der Waals surface area contributed by atoms with E-state index in [0.29, 0.717) is 5.75 Å². The topological polar surface area (TPSA) is 95.6 Å². The summed E-state index contributed by atoms with van der Waals surface area (Å²) in [7, 11) is 2.92. The molecule has 0 aliphatic rings. The van der Waals surface area contributed by atoms with Crippen LogP contribution in [0.15, 0.2) is 35.5 Å². The highest BCUT2D eigenvalue weighted by Gasteiger charge is 2.19. The van der Waals surface area contributed by atoms with Gasteiger partial charge in [0.15, 0.2) is 5.78 Å². The summed E-state index contributed by atoms with van der Waals surface area (Å²) >= 11 is 0. The van der Waals surface area contributed by atoms with E-state index >= 15 is 0 Å². The molecule has 0 atom stereocenters. The summed E-state index contributed by atoms with van der Waals surface area (Å²) in [5, 5.41) is 28.6. The van der Waals surface area contributed by atoms with Crippen molar-refractivity contribution in [3.05, 3.63) is 36.0 Å². The number of rotatable bonds is 6. The minimum atomic E-state index is -0.644. The Labute approximate surface area is 122 Å². The number of nitrogens with zero attached hydrogens (tertiary/aromatic N) is 2. The molecule has 0 unspecified atom stereocenters. The highest BCUT2D eigenvalue weighted by atomic mass is 33.1. The van der Waals surface area contributed by atoms with E-state index in [0.717, 1.165) is 11.1 Å². The summed E-state index contributed by atoms with van der Waals surface area (Å²) in [6, 6.07) is 6.61. The maximum absolute atomic E-state index is 11.8. The monoisotopic (exact) mass is 312 g/mol. The predicted octanol–water partition coefficient (Wildman–Crippen LogP) is 2.54. The van der Waals surface area contributed by atoms with Crippen molar-refractivity contribution in [1.29, 1.82) is 0 Å². The molecule has 0 aliphatic heterocycles. The van der Waals surface area contributed by atoms with Gasteiger partial charge < -0.3 is 15.4 Å². The highest BCUT2D eigenvalue weighted by molar-refractivity contribution is 8.76. The zero-order chi connectivity index (χ0) is 14.5. The normalized spacial score (nSPS) is 10.6. The zero-order valence-corrected chi connectivity index (χ0v) is 11.9. The first-order valence-corrected chi connectivity index (χ1v) is 7.98. The fraction of sp³-hybridized carbons (Fsp3) is 0.167. The molecular formula is C12H12N2O4S2. The second-order valence-corrected chi connectivity index (χ2v) is 6.23. The molecule has 3 N–H and O–H groups in total. The van der Waals surface area contributed by atoms with Crippen molar-refractivity contribution in [3.8, 4) is 11.8 Å². The standard InChI is InChI=1S/C12H12N2O4S2/c15-9(8-7-11(16)14(18)12(8)17)4-6-19-20-10-3-1-2-5-13-10/h1-3,5,7,16-18H,4,6H2. The number of ketones is 1. The lowest BCUT2D eigenvalue weighted by Crippen LogP contribution is -2.00. The number of hydrogen-bond donors (Lipinski definition) is 3. The van der Waals surface area contributed by atoms with E-state index in [1.54, 1.807) is 6.20 Å². The summed E-state index contributed by atoms with van der Waals surface area (Å²) in [6.07, 6.45) is 1.88. The molecular weight excluding hydrogens is 300 g/mol. The van der Waals surface area contributed by atoms with Crippen LogP contribution in [0, 0.1) is 0 Å². The third kappa shape index (κ3) is 3.40. The average molecular weight is 312 g/mol. The lowest BCUT2D eigenvalue weighted by molar-refractivity contribution is 0.0976. The minimum absolute atomic E-state index is 0.0894. The molecule has 2 heterocycles. The molecule has 6 nitrogen and oxygen atoms in total. The van der Waals surface area contributed by atoms with E-state index < -0.39 is 11.8 Å². The molecule has 0 amide bonds. The summed E-state index contributed by atoms with van der Waals surface area (Å²) in [6.45, 7) is 0. The van der Waals surface area contributed by atoms with E-state index in [9.17, 15) is 15.0 Å². The van der Waals surface area contributed by atoms with Gasteiger partial charge in [-0.1, -0.05) is 16.9 Å². The molecule has 0 aromatic carbocycles. The van der Waals surface area contributed by atoms with Crippen LogP contribution in [0.2, 0.25) is 0 Å². The van der Waals surface area contributed by atoms with Gasteiger partial charge in [-0.05, 0) is 22.9 Å². The van der Waals surface area contributed by atoms with Gasteiger partial charge in [0.1, 0.15) is 5.03 Å². The Morgan fingerprint density at radius 2 is 2.15 bits per heavy atom. The Hall–Kier alpha value is -1.80. The Morgan fingerprint density at radius 1 is 1.35 bits per heavy atom. The zero-order valence-electron chi connectivity index (χ0n) is 10.3. The molecule has 0 fully saturated rings. The number of pyridine rings is 1. The van der Waals surface area contributed by atoms with Crippen molar-refractivity contribution in [2.75, 3.05) is 5.75 Å². The van der Waals surface area contributed by atoms with E-state index in [4.69, 9.17) is 5.21 Å². The number of carbonyl (C=O) groups excluding carboxylic acids is 1. The number of carbonyl (C=O) groups is 1. The van der Waals surface area contributed by atoms with E-state index in [1.807, 2.05) is 18.2 Å². The summed E-state index contributed by atoms with van der Waals surface area (Å²) in [4.78, 5) is 15.9. The van der Waals surface area contributed by atoms with Gasteiger partial charge in [-0.2, -0.15) is 0 Å². The Kier molecular flexibility index (Phi) is 4.80. The summed E-state index contributed by atoms with van der Waals surface area (Å²) in [5.74, 6) is -1.03. The van der Waals surface area contributed by atoms with Crippen molar-refractivity contribution < 1.29 is 20.2 Å². The first-order valence-electron chi connectivity index (χ1n) is 5.66. The van der Waals surface area contributed by atoms with Gasteiger partial charge in [-0.3, -0.25) is 4.79 Å². The van der Waals surface area contributed by atoms with Crippen molar-refractivity contribution >= 4 is 27.4 Å². The van der Waals surface area contributed by atoms with Gasteiger partial charge >= 0.3 is 0 Å². The Bertz CT molecular complexity index is 601. The van der Waals surface area contributed by atoms with Crippen molar-refractivity contribution in [2.45, 2.75) is 11.4 Å². The summed E-state index contributed by atoms with van der Waals surface area (Å²) in [5.41, 5.74) is -0.0894. The van der Waals surface area contributed by atoms with Crippen LogP contribution >= 0.6 is 21.6 Å². The van der Waals surface area contributed by atoms with Gasteiger partial charge in [0.25, 0.3) is 0 Å². The number of hydrogen-bond acceptors (Lipinski definition) is 7. The molecule has 8 heteroatoms. The number of aromatic hydroxyl groups is 2. The average Bonchev–Trinajstić information content (AvgIpc) is 2.72. The number of aromatic nitrogens is 2. The van der Waals surface area contributed by atoms with E-state index in [2.05, 4.69) is 4.98 Å². The van der Waals surface area contributed by atoms with Gasteiger partial charge in [0.2, 0.25) is 11.8 Å². The third-order valence-corrected chi connectivity index (χ3v) is 4.69. The fourth-order valence-corrected chi connectivity index (χ4v) is 3.32. The van der Waals surface area contributed by atoms with Gasteiger partial charge in [-0.15, -0.1) is 4.73 Å². The largest absolute Gasteiger partial charge is 0.492 e. The van der Waals surface area contributed by atoms with Gasteiger partial charge in [0, 0.05) is 24.4 Å². The number of Topliss-reactive ketones (excluding diaryl/α,β-unsaturated/α-hetero) is 1. The predicted molar refractivity (Wildman–Crippen MR) is 76.4 cm³/mol. The lowest BCUT2D eigenvalue weighted by Gasteiger charge is -2.00. The molecule has 0 saturated heterocycles. The van der Waals surface area contributed by atoms with Crippen LogP contribution in [0.5, 0.6) is 11.8 Å². The van der Waals surface area contributed by atoms with Crippen LogP contribution in [0.25, 0.3) is 0 Å². The minimum Gasteiger partial charge on any atom is -0.492 e. The molecule has 20 heavy (non-hydrogen) atoms. The maximum atomic E-state index is 11.8. The van der Waals surface area contributed by atoms with E-state index in [-0.39, 0.29) is 22.5 Å². The van der Waals surface area contributed by atoms with Crippen LogP contribution < -0.4 is 0 Å². The highest BCUT2D eigenvalue weighted by Crippen LogP contribution is 2.31. The quantitative estimate of drug-likeness (QED) is 0.326. The molecule has 0 spiro atoms. The smallest absolute Gasteiger partial charge is 0.240 e. The molecule has 106 valence electrons. The molecule has 2 aromatic heterocycles. The van der Waals surface area contributed by atoms with Crippen LogP contribution in [0.3, 0.4) is 0 Å². The van der Waals surface area contributed by atoms with Crippen LogP contribution in [-0.4, -0.2) is 36.7 Å². The summed E-state index contributed by atoms with van der Waals surface area (Å²) < 4.78 is 0.170. The molecule has 2 rings (SSSR count). The van der Waals surface area contributed by atoms with Gasteiger partial charge in [-0.25, -0.2) is 4.98 Å². The lowest BCUT2D eigenvalue weighted by atomic mass is 10.2. The second-order valence-electron chi connectivity index (χ2n) is 3.80. The first kappa shape index (κ1) is 14.6. The maximum Gasteiger partial charge on any atom is 0.240 e.